The van der Waals surface area contributed by atoms with Gasteiger partial charge in [0.05, 0.1) is 13.7 Å². The summed E-state index contributed by atoms with van der Waals surface area (Å²) in [7, 11) is 1.55. The smallest absolute Gasteiger partial charge is 0.322 e. The maximum atomic E-state index is 12.0. The fraction of sp³-hybridized carbons (Fsp3) is 0.333. The Morgan fingerprint density at radius 1 is 1.58 bits per heavy atom. The Morgan fingerprint density at radius 3 is 2.89 bits per heavy atom. The Kier molecular flexibility index (Phi) is 5.46. The lowest BCUT2D eigenvalue weighted by atomic mass is 10.3. The van der Waals surface area contributed by atoms with E-state index < -0.39 is 0 Å². The number of urea groups is 1. The first kappa shape index (κ1) is 14.6. The fourth-order valence-corrected chi connectivity index (χ4v) is 1.46. The standard InChI is InChI=1S/C12H18N4O3/c1-3-16(8-11(13)15-18)12(17)14-9-5-4-6-10(7-9)19-2/h4-7,18H,3,8H2,1-2H3,(H2,13,15)(H,14,17). The zero-order valence-electron chi connectivity index (χ0n) is 11.0. The monoisotopic (exact) mass is 266 g/mol. The van der Waals surface area contributed by atoms with Crippen molar-refractivity contribution in [2.75, 3.05) is 25.5 Å². The van der Waals surface area contributed by atoms with Crippen molar-refractivity contribution in [3.63, 3.8) is 0 Å². The molecular formula is C12H18N4O3. The largest absolute Gasteiger partial charge is 0.497 e. The highest BCUT2D eigenvalue weighted by Crippen LogP contribution is 2.16. The number of likely N-dealkylation sites (N-methyl/N-ethyl adjacent to an activating group) is 1. The molecule has 0 fully saturated rings. The Bertz CT molecular complexity index is 462. The Balaban J connectivity index is 2.70. The van der Waals surface area contributed by atoms with Gasteiger partial charge in [0, 0.05) is 18.3 Å². The molecule has 4 N–H and O–H groups in total. The molecule has 1 aromatic carbocycles. The Hall–Kier alpha value is -2.44. The summed E-state index contributed by atoms with van der Waals surface area (Å²) in [6, 6.07) is 6.67. The summed E-state index contributed by atoms with van der Waals surface area (Å²) in [5.41, 5.74) is 6.00. The number of rotatable bonds is 5. The molecule has 0 unspecified atom stereocenters. The van der Waals surface area contributed by atoms with Gasteiger partial charge < -0.3 is 25.9 Å². The van der Waals surface area contributed by atoms with Crippen molar-refractivity contribution in [3.8, 4) is 5.75 Å². The highest BCUT2D eigenvalue weighted by Gasteiger charge is 2.13. The van der Waals surface area contributed by atoms with E-state index >= 15 is 0 Å². The predicted molar refractivity (Wildman–Crippen MR) is 72.7 cm³/mol. The van der Waals surface area contributed by atoms with Gasteiger partial charge in [0.2, 0.25) is 0 Å². The molecule has 0 aliphatic carbocycles. The molecule has 0 aromatic heterocycles. The van der Waals surface area contributed by atoms with E-state index in [4.69, 9.17) is 15.7 Å². The molecule has 0 aliphatic heterocycles. The number of nitrogens with two attached hydrogens (primary N) is 1. The van der Waals surface area contributed by atoms with Crippen LogP contribution in [0.2, 0.25) is 0 Å². The lowest BCUT2D eigenvalue weighted by molar-refractivity contribution is 0.220. The van der Waals surface area contributed by atoms with Gasteiger partial charge in [-0.15, -0.1) is 0 Å². The molecule has 7 heteroatoms. The van der Waals surface area contributed by atoms with Gasteiger partial charge in [-0.2, -0.15) is 0 Å². The van der Waals surface area contributed by atoms with Crippen LogP contribution in [0.3, 0.4) is 0 Å². The average Bonchev–Trinajstić information content (AvgIpc) is 2.44. The zero-order chi connectivity index (χ0) is 14.3. The lowest BCUT2D eigenvalue weighted by Crippen LogP contribution is -2.40. The number of benzene rings is 1. The van der Waals surface area contributed by atoms with E-state index in [1.807, 2.05) is 0 Å². The number of anilines is 1. The molecule has 2 amide bonds. The van der Waals surface area contributed by atoms with Gasteiger partial charge in [-0.3, -0.25) is 0 Å². The highest BCUT2D eigenvalue weighted by atomic mass is 16.5. The van der Waals surface area contributed by atoms with E-state index in [0.717, 1.165) is 0 Å². The van der Waals surface area contributed by atoms with Crippen LogP contribution >= 0.6 is 0 Å². The molecule has 0 atom stereocenters. The number of hydrogen-bond acceptors (Lipinski definition) is 4. The highest BCUT2D eigenvalue weighted by molar-refractivity contribution is 5.93. The predicted octanol–water partition coefficient (Wildman–Crippen LogP) is 1.30. The third-order valence-electron chi connectivity index (χ3n) is 2.47. The molecule has 0 aliphatic rings. The molecule has 1 aromatic rings. The van der Waals surface area contributed by atoms with E-state index in [9.17, 15) is 4.79 Å². The SMILES string of the molecule is CCN(CC(N)=NO)C(=O)Nc1cccc(OC)c1. The summed E-state index contributed by atoms with van der Waals surface area (Å²) in [6.45, 7) is 2.30. The minimum absolute atomic E-state index is 0.0253. The van der Waals surface area contributed by atoms with Crippen LogP contribution in [0.5, 0.6) is 5.75 Å². The molecular weight excluding hydrogens is 248 g/mol. The van der Waals surface area contributed by atoms with Crippen molar-refractivity contribution >= 4 is 17.6 Å². The van der Waals surface area contributed by atoms with E-state index in [1.165, 1.54) is 4.90 Å². The molecule has 0 saturated heterocycles. The minimum Gasteiger partial charge on any atom is -0.497 e. The van der Waals surface area contributed by atoms with E-state index in [-0.39, 0.29) is 18.4 Å². The number of methoxy groups -OCH3 is 1. The Labute approximate surface area is 111 Å². The number of hydrogen-bond donors (Lipinski definition) is 3. The summed E-state index contributed by atoms with van der Waals surface area (Å²) in [6.07, 6.45) is 0. The van der Waals surface area contributed by atoms with Gasteiger partial charge in [0.15, 0.2) is 5.84 Å². The molecule has 7 nitrogen and oxygen atoms in total. The summed E-state index contributed by atoms with van der Waals surface area (Å²) in [4.78, 5) is 13.4. The van der Waals surface area contributed by atoms with Gasteiger partial charge >= 0.3 is 6.03 Å². The number of amidine groups is 1. The van der Waals surface area contributed by atoms with Crippen molar-refractivity contribution in [2.45, 2.75) is 6.92 Å². The van der Waals surface area contributed by atoms with E-state index in [1.54, 1.807) is 38.3 Å². The number of nitrogens with one attached hydrogen (secondary N) is 1. The third kappa shape index (κ3) is 4.38. The third-order valence-corrected chi connectivity index (χ3v) is 2.47. The van der Waals surface area contributed by atoms with E-state index in [2.05, 4.69) is 10.5 Å². The molecule has 0 radical (unpaired) electrons. The first-order chi connectivity index (χ1) is 9.10. The van der Waals surface area contributed by atoms with Crippen LogP contribution in [0.1, 0.15) is 6.92 Å². The zero-order valence-corrected chi connectivity index (χ0v) is 11.0. The number of nitrogens with zero attached hydrogens (tertiary/aromatic N) is 2. The van der Waals surface area contributed by atoms with Crippen molar-refractivity contribution in [3.05, 3.63) is 24.3 Å². The molecule has 19 heavy (non-hydrogen) atoms. The van der Waals surface area contributed by atoms with Crippen LogP contribution in [0.25, 0.3) is 0 Å². The lowest BCUT2D eigenvalue weighted by Gasteiger charge is -2.20. The molecule has 104 valence electrons. The number of amides is 2. The second kappa shape index (κ2) is 7.10. The van der Waals surface area contributed by atoms with Crippen molar-refractivity contribution in [1.29, 1.82) is 0 Å². The fourth-order valence-electron chi connectivity index (χ4n) is 1.46. The van der Waals surface area contributed by atoms with Crippen molar-refractivity contribution in [2.24, 2.45) is 10.9 Å². The summed E-state index contributed by atoms with van der Waals surface area (Å²) < 4.78 is 5.07. The van der Waals surface area contributed by atoms with E-state index in [0.29, 0.717) is 18.0 Å². The number of oxime groups is 1. The molecule has 0 heterocycles. The number of carbonyl (C=O) groups excluding carboxylic acids is 1. The second-order valence-electron chi connectivity index (χ2n) is 3.77. The van der Waals surface area contributed by atoms with Crippen LogP contribution in [0.15, 0.2) is 29.4 Å². The maximum absolute atomic E-state index is 12.0. The van der Waals surface area contributed by atoms with Crippen molar-refractivity contribution in [1.82, 2.24) is 4.90 Å². The molecule has 0 bridgehead atoms. The maximum Gasteiger partial charge on any atom is 0.322 e. The minimum atomic E-state index is -0.331. The molecule has 0 saturated carbocycles. The van der Waals surface area contributed by atoms with Gasteiger partial charge in [-0.25, -0.2) is 4.79 Å². The van der Waals surface area contributed by atoms with Gasteiger partial charge in [0.25, 0.3) is 0 Å². The van der Waals surface area contributed by atoms with Gasteiger partial charge in [-0.1, -0.05) is 11.2 Å². The molecule has 1 rings (SSSR count). The van der Waals surface area contributed by atoms with Crippen LogP contribution in [0.4, 0.5) is 10.5 Å². The number of ether oxygens (including phenoxy) is 1. The topological polar surface area (TPSA) is 100 Å². The molecule has 0 spiro atoms. The first-order valence-electron chi connectivity index (χ1n) is 5.77. The first-order valence-corrected chi connectivity index (χ1v) is 5.77. The summed E-state index contributed by atoms with van der Waals surface area (Å²) >= 11 is 0. The van der Waals surface area contributed by atoms with Crippen molar-refractivity contribution < 1.29 is 14.7 Å². The normalized spacial score (nSPS) is 10.9. The average molecular weight is 266 g/mol. The number of carbonyl (C=O) groups is 1. The van der Waals surface area contributed by atoms with Crippen LogP contribution in [-0.4, -0.2) is 42.2 Å². The van der Waals surface area contributed by atoms with Crippen LogP contribution < -0.4 is 15.8 Å². The van der Waals surface area contributed by atoms with Gasteiger partial charge in [0.1, 0.15) is 5.75 Å². The summed E-state index contributed by atoms with van der Waals surface area (Å²) in [5, 5.41) is 14.1. The second-order valence-corrected chi connectivity index (χ2v) is 3.77. The van der Waals surface area contributed by atoms with Crippen LogP contribution in [-0.2, 0) is 0 Å². The van der Waals surface area contributed by atoms with Crippen LogP contribution in [0, 0.1) is 0 Å². The Morgan fingerprint density at radius 2 is 2.32 bits per heavy atom. The quantitative estimate of drug-likeness (QED) is 0.323. The van der Waals surface area contributed by atoms with Gasteiger partial charge in [-0.05, 0) is 19.1 Å². The summed E-state index contributed by atoms with van der Waals surface area (Å²) in [5.74, 6) is 0.625.